The molecule has 1 aliphatic rings. The van der Waals surface area contributed by atoms with Gasteiger partial charge in [-0.3, -0.25) is 0 Å². The highest BCUT2D eigenvalue weighted by Crippen LogP contribution is 2.35. The van der Waals surface area contributed by atoms with Crippen molar-refractivity contribution < 1.29 is 9.13 Å². The third-order valence-electron chi connectivity index (χ3n) is 6.98. The SMILES string of the molecule is CCCCCc1ccc(COc2ccc(CCC3CCC(CC)CC3)c(F)c2Cl)cc1. The van der Waals surface area contributed by atoms with E-state index < -0.39 is 0 Å². The fraction of sp³-hybridized carbons (Fsp3) is 0.571. The predicted octanol–water partition coefficient (Wildman–Crippen LogP) is 8.94. The summed E-state index contributed by atoms with van der Waals surface area (Å²) in [6, 6.07) is 12.2. The van der Waals surface area contributed by atoms with Crippen LogP contribution in [0, 0.1) is 17.7 Å². The molecule has 1 nitrogen and oxygen atoms in total. The standard InChI is InChI=1S/C28H38ClFO/c1-3-5-6-7-22-12-14-24(15-13-22)20-31-26-19-18-25(28(30)27(26)29)17-16-23-10-8-21(4-2)9-11-23/h12-15,18-19,21,23H,3-11,16-17,20H2,1-2H3. The minimum absolute atomic E-state index is 0.114. The molecule has 0 atom stereocenters. The predicted molar refractivity (Wildman–Crippen MR) is 129 cm³/mol. The van der Waals surface area contributed by atoms with Gasteiger partial charge in [-0.05, 0) is 60.3 Å². The number of aryl methyl sites for hydroxylation is 2. The lowest BCUT2D eigenvalue weighted by Gasteiger charge is -2.27. The summed E-state index contributed by atoms with van der Waals surface area (Å²) >= 11 is 6.32. The van der Waals surface area contributed by atoms with Crippen molar-refractivity contribution in [2.24, 2.45) is 11.8 Å². The van der Waals surface area contributed by atoms with Crippen molar-refractivity contribution in [1.82, 2.24) is 0 Å². The third kappa shape index (κ3) is 7.24. The molecule has 0 spiro atoms. The minimum atomic E-state index is -0.312. The fourth-order valence-electron chi connectivity index (χ4n) is 4.71. The molecule has 3 heteroatoms. The first kappa shape index (κ1) is 24.1. The number of benzene rings is 2. The van der Waals surface area contributed by atoms with E-state index in [9.17, 15) is 4.39 Å². The molecule has 31 heavy (non-hydrogen) atoms. The zero-order chi connectivity index (χ0) is 22.1. The molecule has 0 saturated heterocycles. The second-order valence-corrected chi connectivity index (χ2v) is 9.62. The third-order valence-corrected chi connectivity index (χ3v) is 7.33. The maximum absolute atomic E-state index is 14.8. The number of rotatable bonds is 11. The molecule has 0 bridgehead atoms. The summed E-state index contributed by atoms with van der Waals surface area (Å²) in [6.07, 6.45) is 13.2. The Morgan fingerprint density at radius 3 is 2.23 bits per heavy atom. The molecular formula is C28H38ClFO. The van der Waals surface area contributed by atoms with Gasteiger partial charge in [0.15, 0.2) is 0 Å². The Labute approximate surface area is 193 Å². The van der Waals surface area contributed by atoms with Crippen LogP contribution in [0.4, 0.5) is 4.39 Å². The van der Waals surface area contributed by atoms with Gasteiger partial charge in [0, 0.05) is 0 Å². The summed E-state index contributed by atoms with van der Waals surface area (Å²) < 4.78 is 20.7. The average molecular weight is 445 g/mol. The van der Waals surface area contributed by atoms with E-state index in [1.54, 1.807) is 0 Å². The maximum atomic E-state index is 14.8. The molecule has 0 N–H and O–H groups in total. The molecule has 0 radical (unpaired) electrons. The molecule has 2 aromatic carbocycles. The summed E-state index contributed by atoms with van der Waals surface area (Å²) in [4.78, 5) is 0. The van der Waals surface area contributed by atoms with Crippen LogP contribution >= 0.6 is 11.6 Å². The van der Waals surface area contributed by atoms with Gasteiger partial charge in [0.05, 0.1) is 0 Å². The van der Waals surface area contributed by atoms with E-state index in [0.29, 0.717) is 17.9 Å². The zero-order valence-electron chi connectivity index (χ0n) is 19.3. The molecule has 1 aliphatic carbocycles. The molecule has 0 aromatic heterocycles. The Morgan fingerprint density at radius 1 is 0.871 bits per heavy atom. The average Bonchev–Trinajstić information content (AvgIpc) is 2.81. The second kappa shape index (κ2) is 12.5. The molecule has 0 amide bonds. The van der Waals surface area contributed by atoms with Gasteiger partial charge < -0.3 is 4.74 Å². The van der Waals surface area contributed by atoms with Gasteiger partial charge in [-0.1, -0.05) is 101 Å². The topological polar surface area (TPSA) is 9.23 Å². The van der Waals surface area contributed by atoms with Crippen LogP contribution in [-0.2, 0) is 19.4 Å². The highest BCUT2D eigenvalue weighted by molar-refractivity contribution is 6.32. The normalized spacial score (nSPS) is 18.8. The van der Waals surface area contributed by atoms with Crippen LogP contribution in [0.25, 0.3) is 0 Å². The van der Waals surface area contributed by atoms with Crippen LogP contribution in [0.1, 0.15) is 88.3 Å². The van der Waals surface area contributed by atoms with E-state index in [4.69, 9.17) is 16.3 Å². The molecule has 170 valence electrons. The Kier molecular flexibility index (Phi) is 9.71. The Balaban J connectivity index is 1.49. The fourth-order valence-corrected chi connectivity index (χ4v) is 4.95. The molecule has 1 saturated carbocycles. The minimum Gasteiger partial charge on any atom is -0.487 e. The Morgan fingerprint density at radius 2 is 1.55 bits per heavy atom. The van der Waals surface area contributed by atoms with Gasteiger partial charge in [0.25, 0.3) is 0 Å². The van der Waals surface area contributed by atoms with Crippen LogP contribution in [-0.4, -0.2) is 0 Å². The van der Waals surface area contributed by atoms with Crippen molar-refractivity contribution in [3.8, 4) is 5.75 Å². The monoisotopic (exact) mass is 444 g/mol. The largest absolute Gasteiger partial charge is 0.487 e. The molecule has 3 rings (SSSR count). The summed E-state index contributed by atoms with van der Waals surface area (Å²) in [7, 11) is 0. The molecule has 1 fully saturated rings. The first-order valence-corrected chi connectivity index (χ1v) is 12.7. The highest BCUT2D eigenvalue weighted by Gasteiger charge is 2.21. The second-order valence-electron chi connectivity index (χ2n) is 9.25. The number of unbranched alkanes of at least 4 members (excludes halogenated alkanes) is 2. The maximum Gasteiger partial charge on any atom is 0.148 e. The van der Waals surface area contributed by atoms with Gasteiger partial charge in [0.2, 0.25) is 0 Å². The van der Waals surface area contributed by atoms with Crippen LogP contribution in [0.15, 0.2) is 36.4 Å². The lowest BCUT2D eigenvalue weighted by Crippen LogP contribution is -2.14. The van der Waals surface area contributed by atoms with Crippen LogP contribution in [0.2, 0.25) is 5.02 Å². The van der Waals surface area contributed by atoms with Crippen LogP contribution in [0.5, 0.6) is 5.75 Å². The van der Waals surface area contributed by atoms with Crippen molar-refractivity contribution in [2.45, 2.75) is 91.1 Å². The first-order valence-electron chi connectivity index (χ1n) is 12.3. The Hall–Kier alpha value is -1.54. The first-order chi connectivity index (χ1) is 15.1. The van der Waals surface area contributed by atoms with E-state index in [2.05, 4.69) is 38.1 Å². The van der Waals surface area contributed by atoms with Crippen molar-refractivity contribution in [3.63, 3.8) is 0 Å². The van der Waals surface area contributed by atoms with Crippen LogP contribution < -0.4 is 4.74 Å². The number of hydrogen-bond donors (Lipinski definition) is 0. The van der Waals surface area contributed by atoms with Gasteiger partial charge in [-0.2, -0.15) is 0 Å². The molecule has 0 aliphatic heterocycles. The van der Waals surface area contributed by atoms with Gasteiger partial charge in [-0.15, -0.1) is 0 Å². The van der Waals surface area contributed by atoms with E-state index in [0.717, 1.165) is 36.7 Å². The Bertz CT molecular complexity index is 793. The van der Waals surface area contributed by atoms with Gasteiger partial charge in [-0.25, -0.2) is 4.39 Å². The van der Waals surface area contributed by atoms with E-state index in [1.165, 1.54) is 56.9 Å². The van der Waals surface area contributed by atoms with E-state index in [-0.39, 0.29) is 10.8 Å². The summed E-state index contributed by atoms with van der Waals surface area (Å²) in [5.74, 6) is 1.74. The van der Waals surface area contributed by atoms with Crippen molar-refractivity contribution in [3.05, 3.63) is 63.9 Å². The molecular weight excluding hydrogens is 407 g/mol. The van der Waals surface area contributed by atoms with E-state index in [1.807, 2.05) is 12.1 Å². The smallest absolute Gasteiger partial charge is 0.148 e. The van der Waals surface area contributed by atoms with Crippen molar-refractivity contribution in [1.29, 1.82) is 0 Å². The van der Waals surface area contributed by atoms with Crippen molar-refractivity contribution in [2.75, 3.05) is 0 Å². The number of halogens is 2. The summed E-state index contributed by atoms with van der Waals surface area (Å²) in [6.45, 7) is 4.91. The van der Waals surface area contributed by atoms with Gasteiger partial charge >= 0.3 is 0 Å². The van der Waals surface area contributed by atoms with Crippen molar-refractivity contribution >= 4 is 11.6 Å². The van der Waals surface area contributed by atoms with Gasteiger partial charge in [0.1, 0.15) is 23.2 Å². The number of ether oxygens (including phenoxy) is 1. The zero-order valence-corrected chi connectivity index (χ0v) is 20.0. The molecule has 0 heterocycles. The number of hydrogen-bond acceptors (Lipinski definition) is 1. The quantitative estimate of drug-likeness (QED) is 0.314. The lowest BCUT2D eigenvalue weighted by atomic mass is 9.78. The van der Waals surface area contributed by atoms with E-state index >= 15 is 0 Å². The molecule has 0 unspecified atom stereocenters. The highest BCUT2D eigenvalue weighted by atomic mass is 35.5. The molecule has 2 aromatic rings. The summed E-state index contributed by atoms with van der Waals surface area (Å²) in [5.41, 5.74) is 3.14. The van der Waals surface area contributed by atoms with Crippen LogP contribution in [0.3, 0.4) is 0 Å². The summed E-state index contributed by atoms with van der Waals surface area (Å²) in [5, 5.41) is 0.114. The lowest BCUT2D eigenvalue weighted by molar-refractivity contribution is 0.258.